The molecule has 4 nitrogen and oxygen atoms in total. The molecule has 1 N–H and O–H groups in total. The van der Waals surface area contributed by atoms with E-state index >= 15 is 0 Å². The highest BCUT2D eigenvalue weighted by atomic mass is 32.1. The monoisotopic (exact) mass is 764 g/mol. The first kappa shape index (κ1) is 32.4. The molecule has 0 spiro atoms. The Balaban J connectivity index is 0.961. The molecular formula is C51H32N4S2. The van der Waals surface area contributed by atoms with Crippen molar-refractivity contribution in [3.05, 3.63) is 199 Å². The van der Waals surface area contributed by atoms with Crippen LogP contribution < -0.4 is 5.32 Å². The van der Waals surface area contributed by atoms with Crippen LogP contribution in [0.4, 0.5) is 0 Å². The van der Waals surface area contributed by atoms with Crippen LogP contribution in [-0.4, -0.2) is 16.2 Å². The molecule has 0 saturated carbocycles. The van der Waals surface area contributed by atoms with E-state index in [0.717, 1.165) is 28.4 Å². The summed E-state index contributed by atoms with van der Waals surface area (Å²) >= 11 is 3.73. The molecule has 0 amide bonds. The maximum atomic E-state index is 5.22. The summed E-state index contributed by atoms with van der Waals surface area (Å²) in [5.74, 6) is 1.56. The van der Waals surface area contributed by atoms with Crippen LogP contribution >= 0.6 is 22.7 Å². The number of hydrogen-bond donors (Lipinski definition) is 1. The second-order valence-corrected chi connectivity index (χ2v) is 16.7. The highest BCUT2D eigenvalue weighted by Crippen LogP contribution is 2.44. The average molecular weight is 765 g/mol. The second-order valence-electron chi connectivity index (χ2n) is 14.6. The Labute approximate surface area is 336 Å². The molecule has 6 heteroatoms. The summed E-state index contributed by atoms with van der Waals surface area (Å²) < 4.78 is 7.55. The molecule has 4 heterocycles. The minimum Gasteiger partial charge on any atom is -0.344 e. The number of rotatable bonds is 5. The Kier molecular flexibility index (Phi) is 7.30. The van der Waals surface area contributed by atoms with Crippen LogP contribution in [0.2, 0.25) is 0 Å². The summed E-state index contributed by atoms with van der Waals surface area (Å²) in [5.41, 5.74) is 9.32. The SMILES string of the molecule is c1ccc(C2=NC(c3cccc4sc5cc(-c6ccc7sc8c(-n9c%10ccccc%10c%10ccccc%109)cccc8c7c6)ccc5c34)NC(c3ccccc3)=N2)cc1. The van der Waals surface area contributed by atoms with Gasteiger partial charge in [-0.1, -0.05) is 140 Å². The lowest BCUT2D eigenvalue weighted by Crippen LogP contribution is -2.33. The van der Waals surface area contributed by atoms with Crippen LogP contribution in [-0.2, 0) is 0 Å². The molecule has 1 aliphatic heterocycles. The summed E-state index contributed by atoms with van der Waals surface area (Å²) in [7, 11) is 0. The summed E-state index contributed by atoms with van der Waals surface area (Å²) in [6.07, 6.45) is -0.296. The van der Waals surface area contributed by atoms with Gasteiger partial charge in [-0.2, -0.15) is 0 Å². The number of benzene rings is 8. The molecule has 1 atom stereocenters. The van der Waals surface area contributed by atoms with Crippen LogP contribution in [0.1, 0.15) is 22.9 Å². The molecule has 1 aliphatic rings. The zero-order chi connectivity index (χ0) is 37.5. The fourth-order valence-corrected chi connectivity index (χ4v) is 11.0. The van der Waals surface area contributed by atoms with E-state index in [1.165, 1.54) is 79.0 Å². The molecule has 268 valence electrons. The Hall–Kier alpha value is -6.86. The molecule has 0 bridgehead atoms. The number of para-hydroxylation sites is 2. The Morgan fingerprint density at radius 2 is 1.12 bits per heavy atom. The van der Waals surface area contributed by atoms with Crippen LogP contribution in [0.25, 0.3) is 79.0 Å². The van der Waals surface area contributed by atoms with Gasteiger partial charge in [0.2, 0.25) is 0 Å². The fraction of sp³-hybridized carbons (Fsp3) is 0.0196. The van der Waals surface area contributed by atoms with Crippen molar-refractivity contribution in [1.29, 1.82) is 0 Å². The smallest absolute Gasteiger partial charge is 0.159 e. The minimum absolute atomic E-state index is 0.296. The predicted molar refractivity (Wildman–Crippen MR) is 244 cm³/mol. The Morgan fingerprint density at radius 1 is 0.456 bits per heavy atom. The van der Waals surface area contributed by atoms with Crippen molar-refractivity contribution in [3.8, 4) is 16.8 Å². The highest BCUT2D eigenvalue weighted by Gasteiger charge is 2.24. The summed E-state index contributed by atoms with van der Waals surface area (Å²) in [4.78, 5) is 10.2. The van der Waals surface area contributed by atoms with Gasteiger partial charge in [-0.05, 0) is 53.6 Å². The molecular weight excluding hydrogens is 733 g/mol. The maximum Gasteiger partial charge on any atom is 0.159 e. The molecule has 8 aromatic carbocycles. The third kappa shape index (κ3) is 5.18. The minimum atomic E-state index is -0.296. The molecule has 3 aromatic heterocycles. The lowest BCUT2D eigenvalue weighted by atomic mass is 9.99. The van der Waals surface area contributed by atoms with E-state index in [2.05, 4.69) is 168 Å². The summed E-state index contributed by atoms with van der Waals surface area (Å²) in [5, 5.41) is 11.3. The Bertz CT molecular complexity index is 3390. The zero-order valence-electron chi connectivity index (χ0n) is 30.6. The van der Waals surface area contributed by atoms with Gasteiger partial charge in [0.1, 0.15) is 12.0 Å². The number of aliphatic imine (C=N–C) groups is 2. The standard InChI is InChI=1S/C51H32N4S2/c1-3-13-31(14-4-1)49-52-50(32-15-5-2-6-16-32)54-51(53-49)39-20-12-24-45-47(39)38-27-25-34(30-46(38)56-45)33-26-28-44-40(29-33)37-19-11-23-43(48(37)57-44)55-41-21-9-7-17-35(41)36-18-8-10-22-42(36)55/h1-30,51H,(H,52,53,54). The molecule has 0 radical (unpaired) electrons. The first-order valence-electron chi connectivity index (χ1n) is 19.2. The number of thiophene rings is 2. The van der Waals surface area contributed by atoms with Gasteiger partial charge in [-0.25, -0.2) is 9.98 Å². The molecule has 12 rings (SSSR count). The van der Waals surface area contributed by atoms with Gasteiger partial charge in [-0.3, -0.25) is 0 Å². The molecule has 1 unspecified atom stereocenters. The third-order valence-electron chi connectivity index (χ3n) is 11.3. The third-order valence-corrected chi connectivity index (χ3v) is 13.6. The van der Waals surface area contributed by atoms with Gasteiger partial charge in [0.05, 0.1) is 21.4 Å². The summed E-state index contributed by atoms with van der Waals surface area (Å²) in [6, 6.07) is 65.4. The number of amidine groups is 2. The van der Waals surface area contributed by atoms with Gasteiger partial charge in [0.25, 0.3) is 0 Å². The van der Waals surface area contributed by atoms with Crippen LogP contribution in [0.3, 0.4) is 0 Å². The van der Waals surface area contributed by atoms with E-state index in [-0.39, 0.29) is 6.17 Å². The molecule has 0 fully saturated rings. The first-order valence-corrected chi connectivity index (χ1v) is 20.8. The lowest BCUT2D eigenvalue weighted by molar-refractivity contribution is 0.680. The van der Waals surface area contributed by atoms with Gasteiger partial charge in [0, 0.05) is 63.1 Å². The van der Waals surface area contributed by atoms with Gasteiger partial charge >= 0.3 is 0 Å². The Morgan fingerprint density at radius 3 is 1.91 bits per heavy atom. The fourth-order valence-electron chi connectivity index (χ4n) is 8.65. The van der Waals surface area contributed by atoms with Crippen molar-refractivity contribution in [1.82, 2.24) is 9.88 Å². The largest absolute Gasteiger partial charge is 0.344 e. The van der Waals surface area contributed by atoms with Crippen molar-refractivity contribution in [2.75, 3.05) is 0 Å². The number of fused-ring (bicyclic) bond motifs is 9. The first-order chi connectivity index (χ1) is 28.2. The lowest BCUT2D eigenvalue weighted by Gasteiger charge is -2.24. The molecule has 11 aromatic rings. The van der Waals surface area contributed by atoms with E-state index in [0.29, 0.717) is 0 Å². The zero-order valence-corrected chi connectivity index (χ0v) is 32.2. The molecule has 0 aliphatic carbocycles. The van der Waals surface area contributed by atoms with Gasteiger partial charge in [-0.15, -0.1) is 22.7 Å². The quantitative estimate of drug-likeness (QED) is 0.186. The number of nitrogens with zero attached hydrogens (tertiary/aromatic N) is 3. The normalized spacial score (nSPS) is 14.5. The highest BCUT2D eigenvalue weighted by molar-refractivity contribution is 7.26. The van der Waals surface area contributed by atoms with Crippen molar-refractivity contribution in [3.63, 3.8) is 0 Å². The average Bonchev–Trinajstić information content (AvgIpc) is 3.96. The van der Waals surface area contributed by atoms with Crippen LogP contribution in [0.5, 0.6) is 0 Å². The maximum absolute atomic E-state index is 5.22. The van der Waals surface area contributed by atoms with Crippen LogP contribution in [0.15, 0.2) is 192 Å². The van der Waals surface area contributed by atoms with E-state index < -0.39 is 0 Å². The predicted octanol–water partition coefficient (Wildman–Crippen LogP) is 13.7. The van der Waals surface area contributed by atoms with Gasteiger partial charge < -0.3 is 9.88 Å². The number of nitrogens with one attached hydrogen (secondary N) is 1. The van der Waals surface area contributed by atoms with E-state index in [9.17, 15) is 0 Å². The van der Waals surface area contributed by atoms with E-state index in [1.807, 2.05) is 46.9 Å². The number of hydrogen-bond acceptors (Lipinski definition) is 5. The summed E-state index contributed by atoms with van der Waals surface area (Å²) in [6.45, 7) is 0. The second kappa shape index (κ2) is 12.8. The topological polar surface area (TPSA) is 41.7 Å². The van der Waals surface area contributed by atoms with Gasteiger partial charge in [0.15, 0.2) is 5.84 Å². The van der Waals surface area contributed by atoms with Crippen LogP contribution in [0, 0.1) is 0 Å². The van der Waals surface area contributed by atoms with E-state index in [1.54, 1.807) is 0 Å². The number of aromatic nitrogens is 1. The van der Waals surface area contributed by atoms with Crippen molar-refractivity contribution >= 4 is 96.5 Å². The van der Waals surface area contributed by atoms with E-state index in [4.69, 9.17) is 9.98 Å². The molecule has 0 saturated heterocycles. The van der Waals surface area contributed by atoms with Crippen molar-refractivity contribution in [2.24, 2.45) is 9.98 Å². The van der Waals surface area contributed by atoms with Crippen molar-refractivity contribution < 1.29 is 0 Å². The van der Waals surface area contributed by atoms with Crippen molar-refractivity contribution in [2.45, 2.75) is 6.17 Å². The molecule has 57 heavy (non-hydrogen) atoms.